The van der Waals surface area contributed by atoms with Crippen molar-refractivity contribution in [2.45, 2.75) is 19.4 Å². The lowest BCUT2D eigenvalue weighted by Gasteiger charge is -2.26. The molecule has 0 fully saturated rings. The summed E-state index contributed by atoms with van der Waals surface area (Å²) >= 11 is 0. The van der Waals surface area contributed by atoms with Crippen molar-refractivity contribution in [2.75, 3.05) is 0 Å². The highest BCUT2D eigenvalue weighted by Gasteiger charge is 2.25. The highest BCUT2D eigenvalue weighted by atomic mass is 16.7. The Balaban J connectivity index is 2.44. The summed E-state index contributed by atoms with van der Waals surface area (Å²) < 4.78 is 0. The van der Waals surface area contributed by atoms with Crippen LogP contribution in [-0.2, 0) is 15.2 Å². The number of hydroxylamine groups is 1. The Kier molecular flexibility index (Phi) is 3.97. The molecule has 19 heavy (non-hydrogen) atoms. The molecule has 2 rings (SSSR count). The van der Waals surface area contributed by atoms with E-state index in [1.807, 2.05) is 50.2 Å². The van der Waals surface area contributed by atoms with Gasteiger partial charge in [0.2, 0.25) is 6.41 Å². The number of benzene rings is 2. The maximum Gasteiger partial charge on any atom is 0.230 e. The van der Waals surface area contributed by atoms with Gasteiger partial charge in [-0.1, -0.05) is 54.6 Å². The Morgan fingerprint density at radius 2 is 1.63 bits per heavy atom. The highest BCUT2D eigenvalue weighted by Crippen LogP contribution is 2.33. The van der Waals surface area contributed by atoms with Crippen LogP contribution in [0.2, 0.25) is 0 Å². The maximum absolute atomic E-state index is 10.4. The van der Waals surface area contributed by atoms with Crippen molar-refractivity contribution >= 4 is 6.41 Å². The fourth-order valence-electron chi connectivity index (χ4n) is 2.10. The summed E-state index contributed by atoms with van der Waals surface area (Å²) in [7, 11) is 0. The summed E-state index contributed by atoms with van der Waals surface area (Å²) in [4.78, 5) is 15.8. The van der Waals surface area contributed by atoms with Crippen LogP contribution >= 0.6 is 0 Å². The highest BCUT2D eigenvalue weighted by molar-refractivity contribution is 5.68. The van der Waals surface area contributed by atoms with Crippen molar-refractivity contribution in [2.24, 2.45) is 0 Å². The van der Waals surface area contributed by atoms with Crippen LogP contribution in [0.15, 0.2) is 54.6 Å². The van der Waals surface area contributed by atoms with Gasteiger partial charge in [0, 0.05) is 0 Å². The Hall–Kier alpha value is -2.13. The summed E-state index contributed by atoms with van der Waals surface area (Å²) in [5, 5.41) is 0. The van der Waals surface area contributed by atoms with Gasteiger partial charge in [0.15, 0.2) is 0 Å². The quantitative estimate of drug-likeness (QED) is 0.657. The van der Waals surface area contributed by atoms with E-state index in [0.717, 1.165) is 16.7 Å². The number of nitrogens with one attached hydrogen (secondary N) is 1. The monoisotopic (exact) mass is 255 g/mol. The van der Waals surface area contributed by atoms with Crippen LogP contribution in [0.4, 0.5) is 0 Å². The van der Waals surface area contributed by atoms with Crippen molar-refractivity contribution in [3.05, 3.63) is 60.2 Å². The number of hydrogen-bond donors (Lipinski definition) is 1. The molecule has 0 aliphatic rings. The number of rotatable bonds is 5. The fourth-order valence-corrected chi connectivity index (χ4v) is 2.10. The normalized spacial score (nSPS) is 11.1. The molecule has 0 spiro atoms. The minimum Gasteiger partial charge on any atom is -0.277 e. The molecular formula is C16H17NO2. The zero-order valence-electron chi connectivity index (χ0n) is 11.1. The van der Waals surface area contributed by atoms with Gasteiger partial charge in [-0.2, -0.15) is 0 Å². The van der Waals surface area contributed by atoms with E-state index in [-0.39, 0.29) is 0 Å². The van der Waals surface area contributed by atoms with Gasteiger partial charge in [-0.25, -0.2) is 5.48 Å². The molecular weight excluding hydrogens is 238 g/mol. The van der Waals surface area contributed by atoms with E-state index >= 15 is 0 Å². The first kappa shape index (κ1) is 13.3. The molecule has 98 valence electrons. The molecule has 1 amide bonds. The second kappa shape index (κ2) is 5.67. The molecule has 1 N–H and O–H groups in total. The summed E-state index contributed by atoms with van der Waals surface area (Å²) in [6, 6.07) is 18.1. The third-order valence-electron chi connectivity index (χ3n) is 3.02. The standard InChI is InChI=1S/C16H17NO2/c1-16(2,19-17-12-18)15-11-7-6-10-14(15)13-8-4-3-5-9-13/h3-12H,1-2H3,(H,17,18). The molecule has 0 heterocycles. The first-order valence-electron chi connectivity index (χ1n) is 6.17. The summed E-state index contributed by atoms with van der Waals surface area (Å²) in [6.45, 7) is 3.84. The molecule has 0 atom stereocenters. The molecule has 0 saturated heterocycles. The first-order chi connectivity index (χ1) is 9.15. The molecule has 0 aliphatic carbocycles. The largest absolute Gasteiger partial charge is 0.277 e. The predicted octanol–water partition coefficient (Wildman–Crippen LogP) is 3.27. The maximum atomic E-state index is 10.4. The zero-order valence-corrected chi connectivity index (χ0v) is 11.1. The number of carbonyl (C=O) groups is 1. The Bertz CT molecular complexity index is 550. The minimum absolute atomic E-state index is 0.535. The number of carbonyl (C=O) groups excluding carboxylic acids is 1. The molecule has 2 aromatic rings. The lowest BCUT2D eigenvalue weighted by Crippen LogP contribution is -2.29. The van der Waals surface area contributed by atoms with Crippen molar-refractivity contribution in [3.8, 4) is 11.1 Å². The second-order valence-corrected chi connectivity index (χ2v) is 4.76. The van der Waals surface area contributed by atoms with E-state index in [2.05, 4.69) is 23.7 Å². The lowest BCUT2D eigenvalue weighted by molar-refractivity contribution is -0.136. The van der Waals surface area contributed by atoms with Gasteiger partial charge in [0.25, 0.3) is 0 Å². The molecule has 0 aromatic heterocycles. The molecule has 2 aromatic carbocycles. The lowest BCUT2D eigenvalue weighted by atomic mass is 9.89. The summed E-state index contributed by atoms with van der Waals surface area (Å²) in [5.41, 5.74) is 4.93. The van der Waals surface area contributed by atoms with E-state index in [9.17, 15) is 4.79 Å². The van der Waals surface area contributed by atoms with Crippen molar-refractivity contribution < 1.29 is 9.63 Å². The van der Waals surface area contributed by atoms with E-state index in [4.69, 9.17) is 4.84 Å². The van der Waals surface area contributed by atoms with Gasteiger partial charge in [0.05, 0.1) is 0 Å². The average Bonchev–Trinajstić information content (AvgIpc) is 2.46. The molecule has 0 aliphatic heterocycles. The van der Waals surface area contributed by atoms with Crippen LogP contribution in [0.1, 0.15) is 19.4 Å². The molecule has 0 radical (unpaired) electrons. The average molecular weight is 255 g/mol. The predicted molar refractivity (Wildman–Crippen MR) is 75.2 cm³/mol. The van der Waals surface area contributed by atoms with E-state index in [0.29, 0.717) is 6.41 Å². The molecule has 0 unspecified atom stereocenters. The van der Waals surface area contributed by atoms with Crippen LogP contribution < -0.4 is 5.48 Å². The smallest absolute Gasteiger partial charge is 0.230 e. The third-order valence-corrected chi connectivity index (χ3v) is 3.02. The molecule has 0 bridgehead atoms. The Labute approximate surface area is 113 Å². The number of hydrogen-bond acceptors (Lipinski definition) is 2. The van der Waals surface area contributed by atoms with Gasteiger partial charge >= 0.3 is 0 Å². The Morgan fingerprint density at radius 3 is 2.32 bits per heavy atom. The molecule has 0 saturated carbocycles. The second-order valence-electron chi connectivity index (χ2n) is 4.76. The van der Waals surface area contributed by atoms with Crippen LogP contribution in [0.25, 0.3) is 11.1 Å². The van der Waals surface area contributed by atoms with Crippen molar-refractivity contribution in [3.63, 3.8) is 0 Å². The van der Waals surface area contributed by atoms with Crippen LogP contribution in [0, 0.1) is 0 Å². The van der Waals surface area contributed by atoms with E-state index in [1.54, 1.807) is 0 Å². The summed E-state index contributed by atoms with van der Waals surface area (Å²) in [5.74, 6) is 0. The van der Waals surface area contributed by atoms with E-state index in [1.165, 1.54) is 0 Å². The minimum atomic E-state index is -0.604. The van der Waals surface area contributed by atoms with Crippen molar-refractivity contribution in [1.29, 1.82) is 0 Å². The first-order valence-corrected chi connectivity index (χ1v) is 6.17. The van der Waals surface area contributed by atoms with E-state index < -0.39 is 5.60 Å². The molecule has 3 nitrogen and oxygen atoms in total. The van der Waals surface area contributed by atoms with Gasteiger partial charge in [0.1, 0.15) is 5.60 Å². The third kappa shape index (κ3) is 3.01. The van der Waals surface area contributed by atoms with Gasteiger partial charge < -0.3 is 0 Å². The molecule has 3 heteroatoms. The fraction of sp³-hybridized carbons (Fsp3) is 0.188. The Morgan fingerprint density at radius 1 is 1.00 bits per heavy atom. The van der Waals surface area contributed by atoms with Crippen LogP contribution in [0.5, 0.6) is 0 Å². The van der Waals surface area contributed by atoms with Gasteiger partial charge in [-0.3, -0.25) is 9.63 Å². The SMILES string of the molecule is CC(C)(ONC=O)c1ccccc1-c1ccccc1. The topological polar surface area (TPSA) is 38.3 Å². The van der Waals surface area contributed by atoms with Crippen LogP contribution in [0.3, 0.4) is 0 Å². The summed E-state index contributed by atoms with van der Waals surface area (Å²) in [6.07, 6.45) is 0.535. The van der Waals surface area contributed by atoms with Gasteiger partial charge in [-0.15, -0.1) is 0 Å². The van der Waals surface area contributed by atoms with Gasteiger partial charge in [-0.05, 0) is 30.5 Å². The van der Waals surface area contributed by atoms with Crippen molar-refractivity contribution in [1.82, 2.24) is 5.48 Å². The number of amides is 1. The zero-order chi connectivity index (χ0) is 13.7. The van der Waals surface area contributed by atoms with Crippen LogP contribution in [-0.4, -0.2) is 6.41 Å².